The van der Waals surface area contributed by atoms with Gasteiger partial charge in [-0.2, -0.15) is 0 Å². The van der Waals surface area contributed by atoms with E-state index in [9.17, 15) is 4.79 Å². The smallest absolute Gasteiger partial charge is 0.161 e. The molecule has 3 heteroatoms. The van der Waals surface area contributed by atoms with Gasteiger partial charge >= 0.3 is 0 Å². The summed E-state index contributed by atoms with van der Waals surface area (Å²) in [6.45, 7) is 1.74. The molecule has 0 bridgehead atoms. The number of carbonyl (C=O) groups excluding carboxylic acids is 1. The van der Waals surface area contributed by atoms with E-state index in [1.54, 1.807) is 0 Å². The summed E-state index contributed by atoms with van der Waals surface area (Å²) in [5, 5.41) is 0. The average molecular weight is 212 g/mol. The summed E-state index contributed by atoms with van der Waals surface area (Å²) in [5.41, 5.74) is 0. The van der Waals surface area contributed by atoms with Crippen molar-refractivity contribution in [1.29, 1.82) is 0 Å². The Morgan fingerprint density at radius 3 is 2.67 bits per heavy atom. The molecule has 0 amide bonds. The number of carbonyl (C=O) groups is 1. The van der Waals surface area contributed by atoms with Gasteiger partial charge < -0.3 is 9.47 Å². The van der Waals surface area contributed by atoms with Crippen LogP contribution in [0.4, 0.5) is 0 Å². The van der Waals surface area contributed by atoms with E-state index in [1.165, 1.54) is 12.8 Å². The second kappa shape index (κ2) is 5.61. The highest BCUT2D eigenvalue weighted by Crippen LogP contribution is 2.25. The van der Waals surface area contributed by atoms with Crippen LogP contribution in [0, 0.1) is 5.92 Å². The van der Waals surface area contributed by atoms with Crippen molar-refractivity contribution in [1.82, 2.24) is 0 Å². The fourth-order valence-electron chi connectivity index (χ4n) is 2.43. The van der Waals surface area contributed by atoms with Crippen molar-refractivity contribution in [3.05, 3.63) is 0 Å². The maximum atomic E-state index is 11.7. The maximum Gasteiger partial charge on any atom is 0.161 e. The van der Waals surface area contributed by atoms with Crippen LogP contribution in [0.3, 0.4) is 0 Å². The first-order valence-corrected chi connectivity index (χ1v) is 6.08. The van der Waals surface area contributed by atoms with E-state index in [2.05, 4.69) is 0 Å². The molecule has 1 saturated carbocycles. The van der Waals surface area contributed by atoms with E-state index in [-0.39, 0.29) is 12.0 Å². The van der Waals surface area contributed by atoms with Crippen LogP contribution in [0.25, 0.3) is 0 Å². The summed E-state index contributed by atoms with van der Waals surface area (Å²) >= 11 is 0. The average Bonchev–Trinajstić information content (AvgIpc) is 2.90. The van der Waals surface area contributed by atoms with Gasteiger partial charge in [-0.1, -0.05) is 12.8 Å². The van der Waals surface area contributed by atoms with Crippen LogP contribution < -0.4 is 0 Å². The summed E-state index contributed by atoms with van der Waals surface area (Å²) in [7, 11) is 0. The highest BCUT2D eigenvalue weighted by Gasteiger charge is 2.23. The third-order valence-corrected chi connectivity index (χ3v) is 3.38. The third-order valence-electron chi connectivity index (χ3n) is 3.38. The van der Waals surface area contributed by atoms with E-state index in [0.717, 1.165) is 32.3 Å². The highest BCUT2D eigenvalue weighted by atomic mass is 16.5. The van der Waals surface area contributed by atoms with Gasteiger partial charge in [0.15, 0.2) is 5.78 Å². The van der Waals surface area contributed by atoms with Crippen molar-refractivity contribution in [2.24, 2.45) is 5.92 Å². The van der Waals surface area contributed by atoms with E-state index in [1.807, 2.05) is 0 Å². The minimum absolute atomic E-state index is 0.237. The van der Waals surface area contributed by atoms with Crippen molar-refractivity contribution in [2.45, 2.75) is 44.6 Å². The molecule has 1 atom stereocenters. The molecule has 0 radical (unpaired) electrons. The van der Waals surface area contributed by atoms with Crippen molar-refractivity contribution < 1.29 is 14.3 Å². The minimum Gasteiger partial charge on any atom is -0.376 e. The lowest BCUT2D eigenvalue weighted by Gasteiger charge is -2.11. The lowest BCUT2D eigenvalue weighted by molar-refractivity contribution is -0.128. The molecular formula is C12H20O3. The molecule has 1 saturated heterocycles. The van der Waals surface area contributed by atoms with Crippen molar-refractivity contribution in [3.8, 4) is 0 Å². The first-order valence-electron chi connectivity index (χ1n) is 6.08. The Morgan fingerprint density at radius 1 is 1.20 bits per heavy atom. The van der Waals surface area contributed by atoms with Gasteiger partial charge in [-0.05, 0) is 25.7 Å². The summed E-state index contributed by atoms with van der Waals surface area (Å²) in [6.07, 6.45) is 7.01. The molecule has 1 heterocycles. The predicted molar refractivity (Wildman–Crippen MR) is 56.8 cm³/mol. The second-order valence-electron chi connectivity index (χ2n) is 4.60. The molecule has 2 aliphatic rings. The first kappa shape index (κ1) is 11.1. The molecule has 2 rings (SSSR count). The number of ketones is 1. The number of Topliss-reactive ketones (excluding diaryl/α,β-unsaturated/α-hetero) is 1. The van der Waals surface area contributed by atoms with Crippen molar-refractivity contribution in [3.63, 3.8) is 0 Å². The van der Waals surface area contributed by atoms with E-state index < -0.39 is 0 Å². The van der Waals surface area contributed by atoms with Gasteiger partial charge in [0.25, 0.3) is 0 Å². The molecule has 86 valence electrons. The molecule has 0 N–H and O–H groups in total. The van der Waals surface area contributed by atoms with Crippen LogP contribution >= 0.6 is 0 Å². The Hall–Kier alpha value is -0.410. The number of hydrogen-bond acceptors (Lipinski definition) is 3. The zero-order valence-electron chi connectivity index (χ0n) is 9.24. The molecule has 0 aromatic rings. The van der Waals surface area contributed by atoms with Crippen LogP contribution in [0.5, 0.6) is 0 Å². The van der Waals surface area contributed by atoms with Gasteiger partial charge in [0.1, 0.15) is 6.61 Å². The molecule has 1 aliphatic carbocycles. The molecule has 3 nitrogen and oxygen atoms in total. The Morgan fingerprint density at radius 2 is 2.00 bits per heavy atom. The summed E-state index contributed by atoms with van der Waals surface area (Å²) in [4.78, 5) is 11.7. The zero-order chi connectivity index (χ0) is 10.5. The second-order valence-corrected chi connectivity index (χ2v) is 4.60. The summed E-state index contributed by atoms with van der Waals surface area (Å²) in [6, 6.07) is 0. The molecule has 0 spiro atoms. The Balaban J connectivity index is 1.58. The molecule has 2 fully saturated rings. The normalized spacial score (nSPS) is 27.3. The fraction of sp³-hybridized carbons (Fsp3) is 0.917. The summed E-state index contributed by atoms with van der Waals surface area (Å²) in [5.74, 6) is 0.583. The first-order chi connectivity index (χ1) is 7.36. The predicted octanol–water partition coefficient (Wildman–Crippen LogP) is 1.94. The molecule has 0 aromatic heterocycles. The van der Waals surface area contributed by atoms with Gasteiger partial charge in [0.05, 0.1) is 12.7 Å². The lowest BCUT2D eigenvalue weighted by Crippen LogP contribution is -2.21. The van der Waals surface area contributed by atoms with Crippen molar-refractivity contribution >= 4 is 5.78 Å². The SMILES string of the molecule is O=C(COCC1CCCO1)C1CCCC1. The molecule has 15 heavy (non-hydrogen) atoms. The molecule has 1 unspecified atom stereocenters. The lowest BCUT2D eigenvalue weighted by atomic mass is 10.0. The topological polar surface area (TPSA) is 35.5 Å². The van der Waals surface area contributed by atoms with E-state index in [4.69, 9.17) is 9.47 Å². The quantitative estimate of drug-likeness (QED) is 0.698. The number of rotatable bonds is 5. The van der Waals surface area contributed by atoms with Gasteiger partial charge in [0, 0.05) is 12.5 Å². The Bertz CT molecular complexity index is 203. The standard InChI is InChI=1S/C12H20O3/c13-12(10-4-1-2-5-10)9-14-8-11-6-3-7-15-11/h10-11H,1-9H2. The number of ether oxygens (including phenoxy) is 2. The van der Waals surface area contributed by atoms with Gasteiger partial charge in [0.2, 0.25) is 0 Å². The van der Waals surface area contributed by atoms with Crippen LogP contribution in [-0.2, 0) is 14.3 Å². The van der Waals surface area contributed by atoms with Gasteiger partial charge in [-0.25, -0.2) is 0 Å². The van der Waals surface area contributed by atoms with Gasteiger partial charge in [-0.15, -0.1) is 0 Å². The van der Waals surface area contributed by atoms with Crippen LogP contribution in [0.15, 0.2) is 0 Å². The third kappa shape index (κ3) is 3.28. The zero-order valence-corrected chi connectivity index (χ0v) is 9.24. The Kier molecular flexibility index (Phi) is 4.15. The fourth-order valence-corrected chi connectivity index (χ4v) is 2.43. The summed E-state index contributed by atoms with van der Waals surface area (Å²) < 4.78 is 10.8. The van der Waals surface area contributed by atoms with Crippen LogP contribution in [0.2, 0.25) is 0 Å². The van der Waals surface area contributed by atoms with E-state index in [0.29, 0.717) is 19.0 Å². The van der Waals surface area contributed by atoms with Crippen LogP contribution in [-0.4, -0.2) is 31.7 Å². The van der Waals surface area contributed by atoms with Crippen LogP contribution in [0.1, 0.15) is 38.5 Å². The molecular weight excluding hydrogens is 192 g/mol. The maximum absolute atomic E-state index is 11.7. The minimum atomic E-state index is 0.237. The molecule has 0 aromatic carbocycles. The van der Waals surface area contributed by atoms with Crippen molar-refractivity contribution in [2.75, 3.05) is 19.8 Å². The van der Waals surface area contributed by atoms with Gasteiger partial charge in [-0.3, -0.25) is 4.79 Å². The largest absolute Gasteiger partial charge is 0.376 e. The molecule has 1 aliphatic heterocycles. The number of hydrogen-bond donors (Lipinski definition) is 0. The van der Waals surface area contributed by atoms with E-state index >= 15 is 0 Å². The Labute approximate surface area is 91.1 Å². The monoisotopic (exact) mass is 212 g/mol. The highest BCUT2D eigenvalue weighted by molar-refractivity contribution is 5.82.